The Kier molecular flexibility index (Phi) is 3.86. The van der Waals surface area contributed by atoms with Crippen LogP contribution in [0.4, 0.5) is 0 Å². The summed E-state index contributed by atoms with van der Waals surface area (Å²) >= 11 is 0. The first-order chi connectivity index (χ1) is 11.0. The number of pyridine rings is 1. The first-order valence-corrected chi connectivity index (χ1v) is 7.50. The largest absolute Gasteiger partial charge is 0.464 e. The maximum atomic E-state index is 12.2. The van der Waals surface area contributed by atoms with Crippen LogP contribution in [-0.2, 0) is 11.2 Å². The number of aromatic nitrogens is 3. The molecular formula is C18H19N3O2. The number of nitrogens with one attached hydrogen (secondary N) is 1. The molecule has 0 aliphatic rings. The molecule has 2 heterocycles. The molecule has 118 valence electrons. The molecule has 0 spiro atoms. The molecule has 3 aromatic rings. The third-order valence-electron chi connectivity index (χ3n) is 4.24. The number of aromatic amines is 1. The molecule has 0 saturated heterocycles. The third-order valence-corrected chi connectivity index (χ3v) is 4.24. The van der Waals surface area contributed by atoms with E-state index in [0.717, 1.165) is 33.4 Å². The van der Waals surface area contributed by atoms with E-state index in [9.17, 15) is 4.79 Å². The highest BCUT2D eigenvalue weighted by molar-refractivity contribution is 5.94. The fourth-order valence-corrected chi connectivity index (χ4v) is 2.80. The van der Waals surface area contributed by atoms with Gasteiger partial charge < -0.3 is 4.74 Å². The van der Waals surface area contributed by atoms with Crippen LogP contribution in [0.1, 0.15) is 38.4 Å². The van der Waals surface area contributed by atoms with Gasteiger partial charge in [-0.3, -0.25) is 5.10 Å². The van der Waals surface area contributed by atoms with E-state index in [1.165, 1.54) is 12.7 Å². The summed E-state index contributed by atoms with van der Waals surface area (Å²) in [6.45, 7) is 5.93. The second kappa shape index (κ2) is 5.83. The number of hydrogen-bond acceptors (Lipinski definition) is 4. The SMILES string of the molecule is COC(=O)c1nc2c(C)[nH]nc2c(C)c1Cc1ccccc1C. The van der Waals surface area contributed by atoms with Crippen molar-refractivity contribution in [3.8, 4) is 0 Å². The van der Waals surface area contributed by atoms with Gasteiger partial charge in [-0.15, -0.1) is 0 Å². The minimum absolute atomic E-state index is 0.366. The summed E-state index contributed by atoms with van der Waals surface area (Å²) in [5.74, 6) is -0.417. The van der Waals surface area contributed by atoms with Gasteiger partial charge >= 0.3 is 5.97 Å². The number of carbonyl (C=O) groups is 1. The molecule has 0 aliphatic carbocycles. The fraction of sp³-hybridized carbons (Fsp3) is 0.278. The Hall–Kier alpha value is -2.69. The molecule has 5 heteroatoms. The number of aryl methyl sites for hydroxylation is 3. The normalized spacial score (nSPS) is 11.0. The van der Waals surface area contributed by atoms with Crippen LogP contribution in [-0.4, -0.2) is 28.3 Å². The van der Waals surface area contributed by atoms with Gasteiger partial charge in [0, 0.05) is 6.42 Å². The molecule has 0 unspecified atom stereocenters. The van der Waals surface area contributed by atoms with Gasteiger partial charge in [0.2, 0.25) is 0 Å². The number of hydrogen-bond donors (Lipinski definition) is 1. The van der Waals surface area contributed by atoms with Gasteiger partial charge in [0.1, 0.15) is 11.0 Å². The monoisotopic (exact) mass is 309 g/mol. The number of ether oxygens (including phenoxy) is 1. The first kappa shape index (κ1) is 15.2. The molecule has 0 radical (unpaired) electrons. The van der Waals surface area contributed by atoms with Crippen molar-refractivity contribution >= 4 is 17.0 Å². The fourth-order valence-electron chi connectivity index (χ4n) is 2.80. The summed E-state index contributed by atoms with van der Waals surface area (Å²) in [7, 11) is 1.38. The molecule has 0 saturated carbocycles. The topological polar surface area (TPSA) is 67.9 Å². The lowest BCUT2D eigenvalue weighted by molar-refractivity contribution is 0.0593. The molecule has 0 aliphatic heterocycles. The quantitative estimate of drug-likeness (QED) is 0.754. The Balaban J connectivity index is 2.23. The van der Waals surface area contributed by atoms with Crippen molar-refractivity contribution in [2.24, 2.45) is 0 Å². The number of nitrogens with zero attached hydrogens (tertiary/aromatic N) is 2. The minimum Gasteiger partial charge on any atom is -0.464 e. The Labute approximate surface area is 134 Å². The van der Waals surface area contributed by atoms with E-state index >= 15 is 0 Å². The summed E-state index contributed by atoms with van der Waals surface area (Å²) in [5, 5.41) is 7.27. The lowest BCUT2D eigenvalue weighted by atomic mass is 9.95. The number of esters is 1. The van der Waals surface area contributed by atoms with Crippen LogP contribution in [0.15, 0.2) is 24.3 Å². The van der Waals surface area contributed by atoms with Crippen LogP contribution in [0.3, 0.4) is 0 Å². The standard InChI is InChI=1S/C18H19N3O2/c1-10-7-5-6-8-13(10)9-14-11(2)15-16(12(3)20-21-15)19-17(14)18(22)23-4/h5-8H,9H2,1-4H3,(H,20,21). The molecular weight excluding hydrogens is 290 g/mol. The molecule has 0 bridgehead atoms. The maximum Gasteiger partial charge on any atom is 0.356 e. The summed E-state index contributed by atoms with van der Waals surface area (Å²) in [4.78, 5) is 16.7. The Morgan fingerprint density at radius 1 is 1.17 bits per heavy atom. The van der Waals surface area contributed by atoms with E-state index < -0.39 is 5.97 Å². The zero-order chi connectivity index (χ0) is 16.6. The van der Waals surface area contributed by atoms with Gasteiger partial charge in [-0.2, -0.15) is 5.10 Å². The second-order valence-corrected chi connectivity index (χ2v) is 5.70. The number of benzene rings is 1. The molecule has 1 N–H and O–H groups in total. The van der Waals surface area contributed by atoms with E-state index in [2.05, 4.69) is 34.2 Å². The number of H-pyrrole nitrogens is 1. The maximum absolute atomic E-state index is 12.2. The second-order valence-electron chi connectivity index (χ2n) is 5.70. The van der Waals surface area contributed by atoms with Gasteiger partial charge in [0.05, 0.1) is 12.8 Å². The van der Waals surface area contributed by atoms with Crippen molar-refractivity contribution in [2.45, 2.75) is 27.2 Å². The van der Waals surface area contributed by atoms with Gasteiger partial charge in [-0.25, -0.2) is 9.78 Å². The lowest BCUT2D eigenvalue weighted by Gasteiger charge is -2.13. The van der Waals surface area contributed by atoms with Gasteiger partial charge in [-0.1, -0.05) is 24.3 Å². The highest BCUT2D eigenvalue weighted by atomic mass is 16.5. The van der Waals surface area contributed by atoms with Crippen molar-refractivity contribution in [2.75, 3.05) is 7.11 Å². The third kappa shape index (κ3) is 2.59. The smallest absolute Gasteiger partial charge is 0.356 e. The predicted octanol–water partition coefficient (Wildman–Crippen LogP) is 3.26. The van der Waals surface area contributed by atoms with Crippen molar-refractivity contribution in [3.63, 3.8) is 0 Å². The van der Waals surface area contributed by atoms with E-state index in [1.807, 2.05) is 26.0 Å². The summed E-state index contributed by atoms with van der Waals surface area (Å²) in [6.07, 6.45) is 0.623. The molecule has 2 aromatic heterocycles. The predicted molar refractivity (Wildman–Crippen MR) is 88.7 cm³/mol. The molecule has 23 heavy (non-hydrogen) atoms. The van der Waals surface area contributed by atoms with Crippen molar-refractivity contribution in [1.29, 1.82) is 0 Å². The van der Waals surface area contributed by atoms with Crippen LogP contribution in [0.2, 0.25) is 0 Å². The van der Waals surface area contributed by atoms with Crippen LogP contribution < -0.4 is 0 Å². The molecule has 1 aromatic carbocycles. The summed E-state index contributed by atoms with van der Waals surface area (Å²) in [6, 6.07) is 8.13. The van der Waals surface area contributed by atoms with Crippen molar-refractivity contribution in [1.82, 2.24) is 15.2 Å². The van der Waals surface area contributed by atoms with Crippen LogP contribution >= 0.6 is 0 Å². The molecule has 0 atom stereocenters. The highest BCUT2D eigenvalue weighted by Crippen LogP contribution is 2.26. The molecule has 0 fully saturated rings. The molecule has 3 rings (SSSR count). The number of rotatable bonds is 3. The van der Waals surface area contributed by atoms with Crippen molar-refractivity contribution in [3.05, 3.63) is 57.9 Å². The van der Waals surface area contributed by atoms with Crippen LogP contribution in [0, 0.1) is 20.8 Å². The van der Waals surface area contributed by atoms with Gasteiger partial charge in [0.15, 0.2) is 5.69 Å². The van der Waals surface area contributed by atoms with Crippen LogP contribution in [0.5, 0.6) is 0 Å². The molecule has 5 nitrogen and oxygen atoms in total. The lowest BCUT2D eigenvalue weighted by Crippen LogP contribution is -2.12. The van der Waals surface area contributed by atoms with E-state index in [1.54, 1.807) is 0 Å². The van der Waals surface area contributed by atoms with E-state index in [4.69, 9.17) is 4.74 Å². The van der Waals surface area contributed by atoms with E-state index in [0.29, 0.717) is 12.1 Å². The summed E-state index contributed by atoms with van der Waals surface area (Å²) in [5.41, 5.74) is 6.90. The Morgan fingerprint density at radius 3 is 2.61 bits per heavy atom. The Morgan fingerprint density at radius 2 is 1.91 bits per heavy atom. The summed E-state index contributed by atoms with van der Waals surface area (Å²) < 4.78 is 4.93. The van der Waals surface area contributed by atoms with Gasteiger partial charge in [-0.05, 0) is 43.0 Å². The number of fused-ring (bicyclic) bond motifs is 1. The first-order valence-electron chi connectivity index (χ1n) is 7.50. The Bertz CT molecular complexity index is 897. The zero-order valence-electron chi connectivity index (χ0n) is 13.7. The highest BCUT2D eigenvalue weighted by Gasteiger charge is 2.21. The van der Waals surface area contributed by atoms with E-state index in [-0.39, 0.29) is 0 Å². The average molecular weight is 309 g/mol. The zero-order valence-corrected chi connectivity index (χ0v) is 13.7. The average Bonchev–Trinajstić information content (AvgIpc) is 2.92. The minimum atomic E-state index is -0.417. The molecule has 0 amide bonds. The van der Waals surface area contributed by atoms with Crippen LogP contribution in [0.25, 0.3) is 11.0 Å². The van der Waals surface area contributed by atoms with Gasteiger partial charge in [0.25, 0.3) is 0 Å². The number of methoxy groups -OCH3 is 1. The number of carbonyl (C=O) groups excluding carboxylic acids is 1. The van der Waals surface area contributed by atoms with Crippen molar-refractivity contribution < 1.29 is 9.53 Å².